The van der Waals surface area contributed by atoms with Crippen molar-refractivity contribution in [3.63, 3.8) is 0 Å². The van der Waals surface area contributed by atoms with E-state index in [1.807, 2.05) is 43.0 Å². The molecule has 7 heteroatoms. The lowest BCUT2D eigenvalue weighted by molar-refractivity contribution is -0.135. The topological polar surface area (TPSA) is 61.9 Å². The number of carbonyl (C=O) groups excluding carboxylic acids is 2. The van der Waals surface area contributed by atoms with Crippen LogP contribution in [0.2, 0.25) is 0 Å². The smallest absolute Gasteiger partial charge is 0.318 e. The highest BCUT2D eigenvalue weighted by atomic mass is 32.1. The Kier molecular flexibility index (Phi) is 8.12. The maximum Gasteiger partial charge on any atom is 0.318 e. The number of benzene rings is 1. The van der Waals surface area contributed by atoms with Crippen molar-refractivity contribution in [2.24, 2.45) is 0 Å². The van der Waals surface area contributed by atoms with Crippen LogP contribution in [-0.2, 0) is 11.2 Å². The van der Waals surface area contributed by atoms with Crippen molar-refractivity contribution in [2.75, 3.05) is 32.8 Å². The number of rotatable bonds is 9. The van der Waals surface area contributed by atoms with Crippen molar-refractivity contribution in [1.29, 1.82) is 0 Å². The Labute approximate surface area is 188 Å². The molecule has 0 spiro atoms. The molecule has 6 nitrogen and oxygen atoms in total. The second-order valence-corrected chi connectivity index (χ2v) is 8.68. The van der Waals surface area contributed by atoms with Gasteiger partial charge in [-0.2, -0.15) is 0 Å². The van der Waals surface area contributed by atoms with Crippen LogP contribution in [0.1, 0.15) is 35.4 Å². The molecule has 1 N–H and O–H groups in total. The molecule has 0 fully saturated rings. The number of fused-ring (bicyclic) bond motifs is 1. The molecule has 1 aliphatic heterocycles. The van der Waals surface area contributed by atoms with Crippen LogP contribution in [0.25, 0.3) is 0 Å². The minimum atomic E-state index is -0.240. The van der Waals surface area contributed by atoms with Crippen molar-refractivity contribution < 1.29 is 14.3 Å². The van der Waals surface area contributed by atoms with E-state index in [1.165, 1.54) is 15.3 Å². The highest BCUT2D eigenvalue weighted by Gasteiger charge is 2.33. The maximum atomic E-state index is 13.3. The lowest BCUT2D eigenvalue weighted by Crippen LogP contribution is -2.50. The second-order valence-electron chi connectivity index (χ2n) is 7.68. The van der Waals surface area contributed by atoms with Crippen LogP contribution in [-0.4, -0.2) is 54.5 Å². The van der Waals surface area contributed by atoms with E-state index in [2.05, 4.69) is 23.3 Å². The first-order chi connectivity index (χ1) is 15.0. The lowest BCUT2D eigenvalue weighted by atomic mass is 10.0. The number of hydrogen-bond acceptors (Lipinski definition) is 4. The summed E-state index contributed by atoms with van der Waals surface area (Å²) in [5.41, 5.74) is 2.31. The van der Waals surface area contributed by atoms with E-state index >= 15 is 0 Å². The first-order valence-corrected chi connectivity index (χ1v) is 11.6. The fourth-order valence-corrected chi connectivity index (χ4v) is 4.59. The Morgan fingerprint density at radius 1 is 1.32 bits per heavy atom. The summed E-state index contributed by atoms with van der Waals surface area (Å²) in [7, 11) is 0. The third kappa shape index (κ3) is 5.88. The summed E-state index contributed by atoms with van der Waals surface area (Å²) < 4.78 is 6.06. The number of nitrogens with one attached hydrogen (secondary N) is 1. The molecule has 1 aliphatic rings. The molecule has 1 atom stereocenters. The van der Waals surface area contributed by atoms with Gasteiger partial charge < -0.3 is 19.9 Å². The summed E-state index contributed by atoms with van der Waals surface area (Å²) in [6.45, 7) is 9.67. The first-order valence-electron chi connectivity index (χ1n) is 10.7. The van der Waals surface area contributed by atoms with Gasteiger partial charge in [0.1, 0.15) is 18.9 Å². The summed E-state index contributed by atoms with van der Waals surface area (Å²) in [5.74, 6) is 0.704. The number of ether oxygens (including phenoxy) is 1. The van der Waals surface area contributed by atoms with E-state index < -0.39 is 0 Å². The molecule has 166 valence electrons. The number of hydrogen-bond donors (Lipinski definition) is 1. The SMILES string of the molecule is C=CCN(CC(=O)N1CCc2sccc2[C@@H]1COc1ccc(C)cc1)C(=O)NCCC. The van der Waals surface area contributed by atoms with Gasteiger partial charge in [-0.15, -0.1) is 17.9 Å². The third-order valence-corrected chi connectivity index (χ3v) is 6.33. The minimum absolute atomic E-state index is 0.0159. The van der Waals surface area contributed by atoms with Gasteiger partial charge in [-0.1, -0.05) is 30.7 Å². The van der Waals surface area contributed by atoms with E-state index in [0.717, 1.165) is 24.2 Å². The van der Waals surface area contributed by atoms with Gasteiger partial charge in [0, 0.05) is 24.5 Å². The fraction of sp³-hybridized carbons (Fsp3) is 0.417. The van der Waals surface area contributed by atoms with Crippen molar-refractivity contribution in [2.45, 2.75) is 32.7 Å². The lowest BCUT2D eigenvalue weighted by Gasteiger charge is -2.37. The molecule has 0 unspecified atom stereocenters. The maximum absolute atomic E-state index is 13.3. The van der Waals surface area contributed by atoms with Crippen molar-refractivity contribution in [3.05, 3.63) is 64.4 Å². The summed E-state index contributed by atoms with van der Waals surface area (Å²) in [5, 5.41) is 4.91. The monoisotopic (exact) mass is 441 g/mol. The van der Waals surface area contributed by atoms with Crippen LogP contribution in [0, 0.1) is 6.92 Å². The highest BCUT2D eigenvalue weighted by molar-refractivity contribution is 7.10. The van der Waals surface area contributed by atoms with Crippen LogP contribution < -0.4 is 10.1 Å². The number of thiophene rings is 1. The molecule has 0 saturated heterocycles. The fourth-order valence-electron chi connectivity index (χ4n) is 3.66. The number of amides is 3. The molecular formula is C24H31N3O3S. The van der Waals surface area contributed by atoms with Gasteiger partial charge in [0.05, 0.1) is 6.04 Å². The van der Waals surface area contributed by atoms with Crippen LogP contribution in [0.4, 0.5) is 4.79 Å². The normalized spacial score (nSPS) is 15.2. The Bertz CT molecular complexity index is 894. The molecule has 3 amide bonds. The zero-order valence-corrected chi connectivity index (χ0v) is 19.1. The summed E-state index contributed by atoms with van der Waals surface area (Å²) >= 11 is 1.72. The Balaban J connectivity index is 1.73. The molecule has 0 saturated carbocycles. The van der Waals surface area contributed by atoms with Crippen molar-refractivity contribution in [3.8, 4) is 5.75 Å². The van der Waals surface area contributed by atoms with Gasteiger partial charge in [0.25, 0.3) is 0 Å². The predicted octanol–water partition coefficient (Wildman–Crippen LogP) is 4.17. The number of carbonyl (C=O) groups is 2. The van der Waals surface area contributed by atoms with Crippen molar-refractivity contribution >= 4 is 23.3 Å². The predicted molar refractivity (Wildman–Crippen MR) is 125 cm³/mol. The summed E-state index contributed by atoms with van der Waals surface area (Å²) in [6, 6.07) is 9.58. The van der Waals surface area contributed by atoms with E-state index in [-0.39, 0.29) is 24.5 Å². The average Bonchev–Trinajstić information content (AvgIpc) is 3.25. The van der Waals surface area contributed by atoms with Crippen LogP contribution in [0.15, 0.2) is 48.4 Å². The third-order valence-electron chi connectivity index (χ3n) is 5.33. The minimum Gasteiger partial charge on any atom is -0.491 e. The zero-order chi connectivity index (χ0) is 22.2. The highest BCUT2D eigenvalue weighted by Crippen LogP contribution is 2.34. The molecular weight excluding hydrogens is 410 g/mol. The van der Waals surface area contributed by atoms with E-state index in [4.69, 9.17) is 4.74 Å². The van der Waals surface area contributed by atoms with Crippen molar-refractivity contribution in [1.82, 2.24) is 15.1 Å². The second kappa shape index (κ2) is 11.0. The Hall–Kier alpha value is -2.80. The molecule has 1 aromatic carbocycles. The standard InChI is InChI=1S/C24H31N3O3S/c1-4-12-25-24(29)26(13-5-2)16-23(28)27-14-10-22-20(11-15-31-22)21(27)17-30-19-8-6-18(3)7-9-19/h5-9,11,15,21H,2,4,10,12-14,16-17H2,1,3H3,(H,25,29)/t21-/m0/s1. The number of urea groups is 1. The van der Waals surface area contributed by atoms with Crippen LogP contribution >= 0.6 is 11.3 Å². The quantitative estimate of drug-likeness (QED) is 0.594. The summed E-state index contributed by atoms with van der Waals surface area (Å²) in [6.07, 6.45) is 3.31. The molecule has 3 rings (SSSR count). The van der Waals surface area contributed by atoms with Gasteiger partial charge in [0.2, 0.25) is 5.91 Å². The van der Waals surface area contributed by atoms with E-state index in [9.17, 15) is 9.59 Å². The molecule has 31 heavy (non-hydrogen) atoms. The zero-order valence-electron chi connectivity index (χ0n) is 18.3. The van der Waals surface area contributed by atoms with E-state index in [1.54, 1.807) is 17.4 Å². The molecule has 1 aromatic heterocycles. The van der Waals surface area contributed by atoms with E-state index in [0.29, 0.717) is 26.2 Å². The molecule has 0 bridgehead atoms. The first kappa shape index (κ1) is 22.9. The van der Waals surface area contributed by atoms with Gasteiger partial charge in [-0.3, -0.25) is 4.79 Å². The number of nitrogens with zero attached hydrogens (tertiary/aromatic N) is 2. The van der Waals surface area contributed by atoms with Crippen LogP contribution in [0.3, 0.4) is 0 Å². The van der Waals surface area contributed by atoms with Gasteiger partial charge in [-0.05, 0) is 48.9 Å². The van der Waals surface area contributed by atoms with Gasteiger partial charge in [-0.25, -0.2) is 4.79 Å². The number of aryl methyl sites for hydroxylation is 1. The van der Waals surface area contributed by atoms with Gasteiger partial charge >= 0.3 is 6.03 Å². The Morgan fingerprint density at radius 2 is 2.10 bits per heavy atom. The Morgan fingerprint density at radius 3 is 2.81 bits per heavy atom. The van der Waals surface area contributed by atoms with Gasteiger partial charge in [0.15, 0.2) is 0 Å². The molecule has 2 aromatic rings. The molecule has 0 radical (unpaired) electrons. The molecule has 2 heterocycles. The summed E-state index contributed by atoms with van der Waals surface area (Å²) in [4.78, 5) is 30.4. The average molecular weight is 442 g/mol. The molecule has 0 aliphatic carbocycles. The largest absolute Gasteiger partial charge is 0.491 e. The van der Waals surface area contributed by atoms with Crippen LogP contribution in [0.5, 0.6) is 5.75 Å².